The predicted molar refractivity (Wildman–Crippen MR) is 58.4 cm³/mol. The minimum absolute atomic E-state index is 0.0123. The van der Waals surface area contributed by atoms with Crippen molar-refractivity contribution in [2.75, 3.05) is 18.9 Å². The van der Waals surface area contributed by atoms with Crippen LogP contribution in [0.2, 0.25) is 0 Å². The van der Waals surface area contributed by atoms with Crippen LogP contribution in [0.5, 0.6) is 5.88 Å². The molecule has 1 saturated heterocycles. The van der Waals surface area contributed by atoms with Gasteiger partial charge in [-0.3, -0.25) is 4.79 Å². The monoisotopic (exact) mass is 225 g/mol. The molecule has 1 atom stereocenters. The first-order chi connectivity index (χ1) is 7.77. The van der Waals surface area contributed by atoms with Crippen molar-refractivity contribution >= 4 is 5.69 Å². The summed E-state index contributed by atoms with van der Waals surface area (Å²) in [5, 5.41) is 0. The number of aromatic nitrogens is 2. The molecule has 3 N–H and O–H groups in total. The second-order valence-corrected chi connectivity index (χ2v) is 3.75. The lowest BCUT2D eigenvalue weighted by atomic mass is 10.1. The van der Waals surface area contributed by atoms with E-state index in [2.05, 4.69) is 9.97 Å². The second-order valence-electron chi connectivity index (χ2n) is 3.75. The summed E-state index contributed by atoms with van der Waals surface area (Å²) >= 11 is 0. The van der Waals surface area contributed by atoms with Gasteiger partial charge in [0, 0.05) is 6.61 Å². The van der Waals surface area contributed by atoms with Crippen LogP contribution in [-0.4, -0.2) is 29.3 Å². The van der Waals surface area contributed by atoms with Crippen LogP contribution in [0.4, 0.5) is 5.69 Å². The molecular weight excluding hydrogens is 210 g/mol. The normalized spacial score (nSPS) is 20.6. The van der Waals surface area contributed by atoms with Crippen molar-refractivity contribution in [1.29, 1.82) is 0 Å². The Morgan fingerprint density at radius 1 is 1.62 bits per heavy atom. The van der Waals surface area contributed by atoms with Crippen LogP contribution in [0, 0.1) is 0 Å². The molecule has 1 fully saturated rings. The Kier molecular flexibility index (Phi) is 3.40. The summed E-state index contributed by atoms with van der Waals surface area (Å²) in [6.07, 6.45) is 4.57. The number of hydrogen-bond acceptors (Lipinski definition) is 5. The van der Waals surface area contributed by atoms with Crippen molar-refractivity contribution in [3.05, 3.63) is 16.7 Å². The molecule has 6 heteroatoms. The molecule has 0 radical (unpaired) electrons. The second kappa shape index (κ2) is 4.98. The molecule has 1 aliphatic heterocycles. The third-order valence-electron chi connectivity index (χ3n) is 2.53. The van der Waals surface area contributed by atoms with Gasteiger partial charge in [0.05, 0.1) is 12.4 Å². The number of nitrogens with one attached hydrogen (secondary N) is 1. The maximum Gasteiger partial charge on any atom is 0.277 e. The minimum Gasteiger partial charge on any atom is -0.473 e. The number of H-pyrrole nitrogens is 1. The number of hydrogen-bond donors (Lipinski definition) is 2. The molecule has 2 heterocycles. The first-order valence-corrected chi connectivity index (χ1v) is 5.35. The summed E-state index contributed by atoms with van der Waals surface area (Å²) in [6, 6.07) is 0. The van der Waals surface area contributed by atoms with Gasteiger partial charge in [0.1, 0.15) is 6.61 Å². The fourth-order valence-electron chi connectivity index (χ4n) is 1.62. The van der Waals surface area contributed by atoms with Crippen LogP contribution in [-0.2, 0) is 4.74 Å². The van der Waals surface area contributed by atoms with E-state index in [1.807, 2.05) is 0 Å². The summed E-state index contributed by atoms with van der Waals surface area (Å²) in [5.41, 5.74) is 5.16. The molecule has 1 aromatic rings. The maximum atomic E-state index is 11.2. The van der Waals surface area contributed by atoms with E-state index in [1.54, 1.807) is 0 Å². The van der Waals surface area contributed by atoms with Crippen molar-refractivity contribution in [1.82, 2.24) is 9.97 Å². The average Bonchev–Trinajstić information content (AvgIpc) is 2.32. The van der Waals surface area contributed by atoms with Gasteiger partial charge in [-0.05, 0) is 19.3 Å². The fraction of sp³-hybridized carbons (Fsp3) is 0.600. The average molecular weight is 225 g/mol. The molecule has 16 heavy (non-hydrogen) atoms. The van der Waals surface area contributed by atoms with Gasteiger partial charge in [0.15, 0.2) is 5.69 Å². The van der Waals surface area contributed by atoms with Crippen LogP contribution in [0.15, 0.2) is 11.1 Å². The number of nitrogen functional groups attached to an aromatic ring is 1. The molecule has 88 valence electrons. The van der Waals surface area contributed by atoms with E-state index >= 15 is 0 Å². The fourth-order valence-corrected chi connectivity index (χ4v) is 1.62. The zero-order chi connectivity index (χ0) is 11.4. The number of aromatic amines is 1. The van der Waals surface area contributed by atoms with E-state index in [-0.39, 0.29) is 23.2 Å². The van der Waals surface area contributed by atoms with Crippen molar-refractivity contribution in [3.63, 3.8) is 0 Å². The summed E-state index contributed by atoms with van der Waals surface area (Å²) in [4.78, 5) is 17.4. The lowest BCUT2D eigenvalue weighted by molar-refractivity contribution is -0.0118. The molecule has 0 spiro atoms. The Morgan fingerprint density at radius 3 is 3.25 bits per heavy atom. The van der Waals surface area contributed by atoms with E-state index in [4.69, 9.17) is 15.2 Å². The lowest BCUT2D eigenvalue weighted by Gasteiger charge is -2.22. The molecule has 0 amide bonds. The number of rotatable bonds is 3. The number of ether oxygens (including phenoxy) is 2. The Labute approximate surface area is 92.8 Å². The van der Waals surface area contributed by atoms with Gasteiger partial charge in [-0.1, -0.05) is 0 Å². The van der Waals surface area contributed by atoms with Crippen LogP contribution >= 0.6 is 0 Å². The third-order valence-corrected chi connectivity index (χ3v) is 2.53. The Bertz CT molecular complexity index is 399. The highest BCUT2D eigenvalue weighted by Gasteiger charge is 2.15. The topological polar surface area (TPSA) is 90.2 Å². The summed E-state index contributed by atoms with van der Waals surface area (Å²) in [5.74, 6) is 0.179. The molecule has 2 rings (SSSR count). The molecule has 0 saturated carbocycles. The quantitative estimate of drug-likeness (QED) is 0.772. The maximum absolute atomic E-state index is 11.2. The van der Waals surface area contributed by atoms with E-state index in [0.29, 0.717) is 6.61 Å². The number of nitrogens with zero attached hydrogens (tertiary/aromatic N) is 1. The van der Waals surface area contributed by atoms with Gasteiger partial charge >= 0.3 is 0 Å². The Balaban J connectivity index is 1.93. The van der Waals surface area contributed by atoms with Crippen molar-refractivity contribution < 1.29 is 9.47 Å². The molecule has 6 nitrogen and oxygen atoms in total. The first-order valence-electron chi connectivity index (χ1n) is 5.35. The van der Waals surface area contributed by atoms with Gasteiger partial charge in [-0.15, -0.1) is 0 Å². The largest absolute Gasteiger partial charge is 0.473 e. The first kappa shape index (κ1) is 10.9. The molecule has 0 aliphatic carbocycles. The lowest BCUT2D eigenvalue weighted by Crippen LogP contribution is -2.27. The summed E-state index contributed by atoms with van der Waals surface area (Å²) < 4.78 is 10.9. The Morgan fingerprint density at radius 2 is 2.50 bits per heavy atom. The molecular formula is C10H15N3O3. The molecule has 0 bridgehead atoms. The summed E-state index contributed by atoms with van der Waals surface area (Å²) in [7, 11) is 0. The number of nitrogens with two attached hydrogens (primary N) is 1. The SMILES string of the molecule is Nc1c(OCC2CCCCO2)nc[nH]c1=O. The van der Waals surface area contributed by atoms with Gasteiger partial charge in [0.25, 0.3) is 5.56 Å². The van der Waals surface area contributed by atoms with Crippen molar-refractivity contribution in [3.8, 4) is 5.88 Å². The summed E-state index contributed by atoms with van der Waals surface area (Å²) in [6.45, 7) is 1.16. The molecule has 1 aromatic heterocycles. The highest BCUT2D eigenvalue weighted by atomic mass is 16.5. The van der Waals surface area contributed by atoms with Crippen LogP contribution in [0.1, 0.15) is 19.3 Å². The molecule has 0 aromatic carbocycles. The number of anilines is 1. The highest BCUT2D eigenvalue weighted by Crippen LogP contribution is 2.16. The highest BCUT2D eigenvalue weighted by molar-refractivity contribution is 5.44. The van der Waals surface area contributed by atoms with E-state index in [1.165, 1.54) is 6.33 Å². The predicted octanol–water partition coefficient (Wildman–Crippen LogP) is 0.300. The smallest absolute Gasteiger partial charge is 0.277 e. The van der Waals surface area contributed by atoms with Crippen LogP contribution in [0.3, 0.4) is 0 Å². The standard InChI is InChI=1S/C10H15N3O3/c11-8-9(14)12-6-13-10(8)16-5-7-3-1-2-4-15-7/h6-7H,1-5,11H2,(H,12,13,14). The van der Waals surface area contributed by atoms with E-state index < -0.39 is 0 Å². The van der Waals surface area contributed by atoms with Gasteiger partial charge < -0.3 is 20.2 Å². The van der Waals surface area contributed by atoms with Gasteiger partial charge in [-0.25, -0.2) is 4.98 Å². The van der Waals surface area contributed by atoms with E-state index in [9.17, 15) is 4.79 Å². The van der Waals surface area contributed by atoms with Crippen molar-refractivity contribution in [2.45, 2.75) is 25.4 Å². The minimum atomic E-state index is -0.380. The van der Waals surface area contributed by atoms with Crippen LogP contribution < -0.4 is 16.0 Å². The van der Waals surface area contributed by atoms with Gasteiger partial charge in [0.2, 0.25) is 5.88 Å². The molecule has 1 aliphatic rings. The van der Waals surface area contributed by atoms with Gasteiger partial charge in [-0.2, -0.15) is 0 Å². The molecule has 1 unspecified atom stereocenters. The zero-order valence-corrected chi connectivity index (χ0v) is 8.94. The van der Waals surface area contributed by atoms with E-state index in [0.717, 1.165) is 25.9 Å². The van der Waals surface area contributed by atoms with Crippen molar-refractivity contribution in [2.24, 2.45) is 0 Å². The Hall–Kier alpha value is -1.56. The third kappa shape index (κ3) is 2.52. The zero-order valence-electron chi connectivity index (χ0n) is 8.94. The van der Waals surface area contributed by atoms with Crippen LogP contribution in [0.25, 0.3) is 0 Å².